The molecule has 0 saturated carbocycles. The second-order valence-electron chi connectivity index (χ2n) is 6.08. The molecule has 1 amide bonds. The Morgan fingerprint density at radius 2 is 1.68 bits per heavy atom. The minimum absolute atomic E-state index is 0.296. The van der Waals surface area contributed by atoms with E-state index in [9.17, 15) is 4.79 Å². The van der Waals surface area contributed by atoms with Crippen molar-refractivity contribution >= 4 is 5.91 Å². The van der Waals surface area contributed by atoms with Crippen molar-refractivity contribution in [1.29, 1.82) is 0 Å². The maximum absolute atomic E-state index is 12.5. The first-order chi connectivity index (χ1) is 10.8. The van der Waals surface area contributed by atoms with Crippen LogP contribution in [-0.2, 0) is 11.2 Å². The second-order valence-corrected chi connectivity index (χ2v) is 6.08. The number of rotatable bonds is 4. The Hall–Kier alpha value is -2.09. The third-order valence-electron chi connectivity index (χ3n) is 4.52. The molecule has 2 aromatic rings. The number of benzene rings is 2. The van der Waals surface area contributed by atoms with Crippen molar-refractivity contribution in [1.82, 2.24) is 4.90 Å². The molecule has 0 spiro atoms. The molecule has 0 aliphatic carbocycles. The van der Waals surface area contributed by atoms with Gasteiger partial charge in [-0.05, 0) is 30.4 Å². The van der Waals surface area contributed by atoms with Gasteiger partial charge >= 0.3 is 0 Å². The Morgan fingerprint density at radius 3 is 2.41 bits per heavy atom. The van der Waals surface area contributed by atoms with E-state index in [2.05, 4.69) is 47.4 Å². The Kier molecular flexibility index (Phi) is 4.89. The van der Waals surface area contributed by atoms with Crippen molar-refractivity contribution in [3.63, 3.8) is 0 Å². The molecule has 0 bridgehead atoms. The fourth-order valence-electron chi connectivity index (χ4n) is 3.26. The SMILES string of the molecule is O=C(CCc1ccccc1)N1CCCC(c2ccccc2)C1. The molecule has 1 fully saturated rings. The van der Waals surface area contributed by atoms with Gasteiger partial charge in [-0.15, -0.1) is 0 Å². The van der Waals surface area contributed by atoms with Crippen LogP contribution in [0.2, 0.25) is 0 Å². The lowest BCUT2D eigenvalue weighted by Crippen LogP contribution is -2.39. The summed E-state index contributed by atoms with van der Waals surface area (Å²) in [6, 6.07) is 20.9. The van der Waals surface area contributed by atoms with Gasteiger partial charge in [0.2, 0.25) is 5.91 Å². The van der Waals surface area contributed by atoms with Crippen molar-refractivity contribution in [3.8, 4) is 0 Å². The molecule has 3 rings (SSSR count). The van der Waals surface area contributed by atoms with E-state index in [1.807, 2.05) is 18.2 Å². The lowest BCUT2D eigenvalue weighted by atomic mass is 9.90. The third-order valence-corrected chi connectivity index (χ3v) is 4.52. The highest BCUT2D eigenvalue weighted by Crippen LogP contribution is 2.27. The number of nitrogens with zero attached hydrogens (tertiary/aromatic N) is 1. The number of hydrogen-bond acceptors (Lipinski definition) is 1. The molecule has 1 heterocycles. The molecule has 0 aromatic heterocycles. The summed E-state index contributed by atoms with van der Waals surface area (Å²) in [5, 5.41) is 0. The van der Waals surface area contributed by atoms with E-state index in [4.69, 9.17) is 0 Å². The zero-order valence-electron chi connectivity index (χ0n) is 12.9. The lowest BCUT2D eigenvalue weighted by Gasteiger charge is -2.33. The van der Waals surface area contributed by atoms with Gasteiger partial charge in [-0.1, -0.05) is 60.7 Å². The summed E-state index contributed by atoms with van der Waals surface area (Å²) in [6.07, 6.45) is 3.75. The van der Waals surface area contributed by atoms with E-state index >= 15 is 0 Å². The molecule has 22 heavy (non-hydrogen) atoms. The highest BCUT2D eigenvalue weighted by atomic mass is 16.2. The lowest BCUT2D eigenvalue weighted by molar-refractivity contribution is -0.132. The molecule has 0 radical (unpaired) electrons. The van der Waals surface area contributed by atoms with Crippen molar-refractivity contribution in [2.45, 2.75) is 31.6 Å². The first kappa shape index (κ1) is 14.8. The number of aryl methyl sites for hydroxylation is 1. The second kappa shape index (κ2) is 7.26. The topological polar surface area (TPSA) is 20.3 Å². The fourth-order valence-corrected chi connectivity index (χ4v) is 3.26. The normalized spacial score (nSPS) is 18.2. The number of hydrogen-bond donors (Lipinski definition) is 0. The fraction of sp³-hybridized carbons (Fsp3) is 0.350. The summed E-state index contributed by atoms with van der Waals surface area (Å²) < 4.78 is 0. The maximum atomic E-state index is 12.5. The van der Waals surface area contributed by atoms with Gasteiger partial charge in [0, 0.05) is 25.4 Å². The van der Waals surface area contributed by atoms with Crippen molar-refractivity contribution in [2.75, 3.05) is 13.1 Å². The Bertz CT molecular complexity index is 594. The summed E-state index contributed by atoms with van der Waals surface area (Å²) in [4.78, 5) is 14.5. The molecular weight excluding hydrogens is 270 g/mol. The van der Waals surface area contributed by atoms with Crippen molar-refractivity contribution in [2.24, 2.45) is 0 Å². The number of carbonyl (C=O) groups excluding carboxylic acids is 1. The number of piperidine rings is 1. The molecule has 1 unspecified atom stereocenters. The number of likely N-dealkylation sites (tertiary alicyclic amines) is 1. The van der Waals surface area contributed by atoms with Gasteiger partial charge in [0.15, 0.2) is 0 Å². The van der Waals surface area contributed by atoms with Gasteiger partial charge in [-0.3, -0.25) is 4.79 Å². The molecule has 0 N–H and O–H groups in total. The van der Waals surface area contributed by atoms with Gasteiger partial charge < -0.3 is 4.90 Å². The minimum Gasteiger partial charge on any atom is -0.342 e. The monoisotopic (exact) mass is 293 g/mol. The van der Waals surface area contributed by atoms with E-state index in [1.165, 1.54) is 17.5 Å². The third kappa shape index (κ3) is 3.76. The standard InChI is InChI=1S/C20H23NO/c22-20(14-13-17-8-3-1-4-9-17)21-15-7-12-19(16-21)18-10-5-2-6-11-18/h1-6,8-11,19H,7,12-16H2. The number of carbonyl (C=O) groups is 1. The van der Waals surface area contributed by atoms with Crippen LogP contribution in [0.25, 0.3) is 0 Å². The molecule has 1 atom stereocenters. The van der Waals surface area contributed by atoms with Crippen LogP contribution >= 0.6 is 0 Å². The van der Waals surface area contributed by atoms with E-state index in [-0.39, 0.29) is 0 Å². The predicted molar refractivity (Wildman–Crippen MR) is 89.8 cm³/mol. The van der Waals surface area contributed by atoms with Crippen LogP contribution in [-0.4, -0.2) is 23.9 Å². The van der Waals surface area contributed by atoms with E-state index in [0.29, 0.717) is 18.2 Å². The van der Waals surface area contributed by atoms with Crippen LogP contribution in [0.1, 0.15) is 36.3 Å². The first-order valence-corrected chi connectivity index (χ1v) is 8.19. The largest absolute Gasteiger partial charge is 0.342 e. The Labute approximate surface area is 132 Å². The molecule has 2 aromatic carbocycles. The maximum Gasteiger partial charge on any atom is 0.222 e. The van der Waals surface area contributed by atoms with Gasteiger partial charge in [-0.25, -0.2) is 0 Å². The quantitative estimate of drug-likeness (QED) is 0.833. The average molecular weight is 293 g/mol. The average Bonchev–Trinajstić information content (AvgIpc) is 2.61. The summed E-state index contributed by atoms with van der Waals surface area (Å²) >= 11 is 0. The number of amides is 1. The summed E-state index contributed by atoms with van der Waals surface area (Å²) in [5.74, 6) is 0.792. The Morgan fingerprint density at radius 1 is 1.00 bits per heavy atom. The van der Waals surface area contributed by atoms with Crippen LogP contribution in [0.3, 0.4) is 0 Å². The first-order valence-electron chi connectivity index (χ1n) is 8.19. The van der Waals surface area contributed by atoms with E-state index < -0.39 is 0 Å². The highest BCUT2D eigenvalue weighted by molar-refractivity contribution is 5.76. The Balaban J connectivity index is 1.56. The van der Waals surface area contributed by atoms with E-state index in [1.54, 1.807) is 0 Å². The predicted octanol–water partition coefficient (Wildman–Crippen LogP) is 4.03. The summed E-state index contributed by atoms with van der Waals surface area (Å²) in [6.45, 7) is 1.79. The van der Waals surface area contributed by atoms with Crippen LogP contribution in [0.4, 0.5) is 0 Å². The van der Waals surface area contributed by atoms with Gasteiger partial charge in [-0.2, -0.15) is 0 Å². The zero-order valence-corrected chi connectivity index (χ0v) is 12.9. The summed E-state index contributed by atoms with van der Waals surface area (Å²) in [7, 11) is 0. The highest BCUT2D eigenvalue weighted by Gasteiger charge is 2.24. The van der Waals surface area contributed by atoms with Crippen molar-refractivity contribution < 1.29 is 4.79 Å². The summed E-state index contributed by atoms with van der Waals surface area (Å²) in [5.41, 5.74) is 2.61. The molecule has 1 aliphatic rings. The zero-order chi connectivity index (χ0) is 15.2. The van der Waals surface area contributed by atoms with Gasteiger partial charge in [0.25, 0.3) is 0 Å². The van der Waals surface area contributed by atoms with Crippen LogP contribution in [0.15, 0.2) is 60.7 Å². The van der Waals surface area contributed by atoms with Gasteiger partial charge in [0.1, 0.15) is 0 Å². The van der Waals surface area contributed by atoms with Crippen molar-refractivity contribution in [3.05, 3.63) is 71.8 Å². The molecule has 2 heteroatoms. The smallest absolute Gasteiger partial charge is 0.222 e. The molecule has 2 nitrogen and oxygen atoms in total. The molecule has 1 aliphatic heterocycles. The van der Waals surface area contributed by atoms with Gasteiger partial charge in [0.05, 0.1) is 0 Å². The minimum atomic E-state index is 0.296. The molecular formula is C20H23NO. The van der Waals surface area contributed by atoms with Crippen LogP contribution in [0, 0.1) is 0 Å². The van der Waals surface area contributed by atoms with Crippen LogP contribution < -0.4 is 0 Å². The molecule has 114 valence electrons. The molecule has 1 saturated heterocycles. The van der Waals surface area contributed by atoms with E-state index in [0.717, 1.165) is 25.9 Å². The van der Waals surface area contributed by atoms with Crippen LogP contribution in [0.5, 0.6) is 0 Å².